The van der Waals surface area contributed by atoms with Gasteiger partial charge in [0.1, 0.15) is 0 Å². The zero-order chi connectivity index (χ0) is 14.5. The van der Waals surface area contributed by atoms with Gasteiger partial charge in [-0.05, 0) is 16.7 Å². The molecule has 1 unspecified atom stereocenters. The Hall–Kier alpha value is -1.78. The maximum Gasteiger partial charge on any atom is 0.238 e. The summed E-state index contributed by atoms with van der Waals surface area (Å²) >= 11 is 1.76. The SMILES string of the molecule is O=C(NCc1ccc(-c2ccccc2)cc1)C1CSCN1. The molecule has 3 nitrogen and oxygen atoms in total. The van der Waals surface area contributed by atoms with Gasteiger partial charge < -0.3 is 5.32 Å². The molecule has 1 fully saturated rings. The summed E-state index contributed by atoms with van der Waals surface area (Å²) in [6.07, 6.45) is 0. The zero-order valence-electron chi connectivity index (χ0n) is 11.7. The topological polar surface area (TPSA) is 41.1 Å². The van der Waals surface area contributed by atoms with Crippen LogP contribution in [-0.4, -0.2) is 23.6 Å². The van der Waals surface area contributed by atoms with E-state index in [1.807, 2.05) is 18.2 Å². The molecule has 0 aromatic heterocycles. The highest BCUT2D eigenvalue weighted by molar-refractivity contribution is 7.99. The van der Waals surface area contributed by atoms with Gasteiger partial charge in [0.05, 0.1) is 6.04 Å². The lowest BCUT2D eigenvalue weighted by atomic mass is 10.0. The van der Waals surface area contributed by atoms with Crippen molar-refractivity contribution >= 4 is 17.7 Å². The number of nitrogens with one attached hydrogen (secondary N) is 2. The van der Waals surface area contributed by atoms with Crippen LogP contribution in [0.3, 0.4) is 0 Å². The van der Waals surface area contributed by atoms with E-state index in [2.05, 4.69) is 47.0 Å². The highest BCUT2D eigenvalue weighted by Gasteiger charge is 2.21. The van der Waals surface area contributed by atoms with Crippen molar-refractivity contribution in [2.75, 3.05) is 11.6 Å². The third-order valence-corrected chi connectivity index (χ3v) is 4.50. The summed E-state index contributed by atoms with van der Waals surface area (Å²) in [7, 11) is 0. The quantitative estimate of drug-likeness (QED) is 0.912. The molecule has 0 spiro atoms. The minimum absolute atomic E-state index is 0.0430. The van der Waals surface area contributed by atoms with Gasteiger partial charge in [-0.25, -0.2) is 0 Å². The van der Waals surface area contributed by atoms with Crippen LogP contribution < -0.4 is 10.6 Å². The lowest BCUT2D eigenvalue weighted by Gasteiger charge is -2.11. The molecule has 0 saturated carbocycles. The molecule has 1 amide bonds. The van der Waals surface area contributed by atoms with E-state index in [0.29, 0.717) is 6.54 Å². The molecular weight excluding hydrogens is 280 g/mol. The number of carbonyl (C=O) groups excluding carboxylic acids is 1. The summed E-state index contributed by atoms with van der Waals surface area (Å²) < 4.78 is 0. The standard InChI is InChI=1S/C17H18N2OS/c20-17(16-11-21-12-19-16)18-10-13-6-8-15(9-7-13)14-4-2-1-3-5-14/h1-9,16,19H,10-12H2,(H,18,20). The largest absolute Gasteiger partial charge is 0.351 e. The Balaban J connectivity index is 1.58. The maximum absolute atomic E-state index is 11.9. The van der Waals surface area contributed by atoms with Gasteiger partial charge in [0, 0.05) is 18.2 Å². The fourth-order valence-corrected chi connectivity index (χ4v) is 3.26. The van der Waals surface area contributed by atoms with E-state index in [4.69, 9.17) is 0 Å². The van der Waals surface area contributed by atoms with Gasteiger partial charge in [-0.15, -0.1) is 11.8 Å². The van der Waals surface area contributed by atoms with E-state index in [1.54, 1.807) is 11.8 Å². The van der Waals surface area contributed by atoms with Crippen molar-refractivity contribution in [2.24, 2.45) is 0 Å². The second kappa shape index (κ2) is 6.78. The minimum Gasteiger partial charge on any atom is -0.351 e. The molecule has 1 saturated heterocycles. The van der Waals surface area contributed by atoms with E-state index in [-0.39, 0.29) is 11.9 Å². The van der Waals surface area contributed by atoms with E-state index < -0.39 is 0 Å². The molecule has 108 valence electrons. The van der Waals surface area contributed by atoms with Gasteiger partial charge in [-0.1, -0.05) is 54.6 Å². The third kappa shape index (κ3) is 3.65. The van der Waals surface area contributed by atoms with Gasteiger partial charge in [0.25, 0.3) is 0 Å². The van der Waals surface area contributed by atoms with Crippen molar-refractivity contribution in [3.05, 3.63) is 60.2 Å². The molecule has 1 heterocycles. The summed E-state index contributed by atoms with van der Waals surface area (Å²) in [4.78, 5) is 11.9. The van der Waals surface area contributed by atoms with Crippen LogP contribution in [-0.2, 0) is 11.3 Å². The molecule has 2 aromatic carbocycles. The maximum atomic E-state index is 11.9. The predicted molar refractivity (Wildman–Crippen MR) is 88.0 cm³/mol. The van der Waals surface area contributed by atoms with Crippen LogP contribution in [0.15, 0.2) is 54.6 Å². The molecular formula is C17H18N2OS. The highest BCUT2D eigenvalue weighted by atomic mass is 32.2. The first-order chi connectivity index (χ1) is 10.3. The first-order valence-electron chi connectivity index (χ1n) is 7.06. The van der Waals surface area contributed by atoms with E-state index >= 15 is 0 Å². The van der Waals surface area contributed by atoms with Crippen LogP contribution >= 0.6 is 11.8 Å². The Bertz CT molecular complexity index is 592. The van der Waals surface area contributed by atoms with E-state index in [9.17, 15) is 4.79 Å². The molecule has 0 radical (unpaired) electrons. The summed E-state index contributed by atoms with van der Waals surface area (Å²) in [5.41, 5.74) is 3.52. The average Bonchev–Trinajstić information content (AvgIpc) is 3.08. The van der Waals surface area contributed by atoms with E-state index in [1.165, 1.54) is 11.1 Å². The summed E-state index contributed by atoms with van der Waals surface area (Å²) in [5, 5.41) is 6.16. The van der Waals surface area contributed by atoms with Crippen LogP contribution in [0.5, 0.6) is 0 Å². The number of hydrogen-bond acceptors (Lipinski definition) is 3. The molecule has 1 atom stereocenters. The molecule has 1 aliphatic heterocycles. The fraction of sp³-hybridized carbons (Fsp3) is 0.235. The molecule has 21 heavy (non-hydrogen) atoms. The van der Waals surface area contributed by atoms with Crippen molar-refractivity contribution in [2.45, 2.75) is 12.6 Å². The number of amides is 1. The van der Waals surface area contributed by atoms with Crippen molar-refractivity contribution in [3.8, 4) is 11.1 Å². The second-order valence-corrected chi connectivity index (χ2v) is 6.08. The fourth-order valence-electron chi connectivity index (χ4n) is 2.32. The number of thioether (sulfide) groups is 1. The molecule has 0 bridgehead atoms. The summed E-state index contributed by atoms with van der Waals surface area (Å²) in [5.74, 6) is 1.81. The summed E-state index contributed by atoms with van der Waals surface area (Å²) in [6, 6.07) is 18.6. The number of rotatable bonds is 4. The minimum atomic E-state index is -0.0430. The Morgan fingerprint density at radius 3 is 2.48 bits per heavy atom. The van der Waals surface area contributed by atoms with Crippen molar-refractivity contribution < 1.29 is 4.79 Å². The Kier molecular flexibility index (Phi) is 4.58. The van der Waals surface area contributed by atoms with E-state index in [0.717, 1.165) is 17.2 Å². The number of benzene rings is 2. The Labute approximate surface area is 129 Å². The first kappa shape index (κ1) is 14.2. The lowest BCUT2D eigenvalue weighted by molar-refractivity contribution is -0.122. The Morgan fingerprint density at radius 1 is 1.10 bits per heavy atom. The molecule has 0 aliphatic carbocycles. The third-order valence-electron chi connectivity index (χ3n) is 3.56. The normalized spacial score (nSPS) is 17.6. The summed E-state index contributed by atoms with van der Waals surface area (Å²) in [6.45, 7) is 0.580. The number of carbonyl (C=O) groups is 1. The van der Waals surface area contributed by atoms with Gasteiger partial charge in [-0.2, -0.15) is 0 Å². The van der Waals surface area contributed by atoms with Crippen LogP contribution in [0.4, 0.5) is 0 Å². The molecule has 2 aromatic rings. The van der Waals surface area contributed by atoms with Crippen molar-refractivity contribution in [1.29, 1.82) is 0 Å². The number of hydrogen-bond donors (Lipinski definition) is 2. The van der Waals surface area contributed by atoms with Crippen molar-refractivity contribution in [3.63, 3.8) is 0 Å². The smallest absolute Gasteiger partial charge is 0.238 e. The van der Waals surface area contributed by atoms with Crippen LogP contribution in [0.1, 0.15) is 5.56 Å². The first-order valence-corrected chi connectivity index (χ1v) is 8.21. The van der Waals surface area contributed by atoms with Crippen molar-refractivity contribution in [1.82, 2.24) is 10.6 Å². The molecule has 1 aliphatic rings. The van der Waals surface area contributed by atoms with Crippen LogP contribution in [0.2, 0.25) is 0 Å². The zero-order valence-corrected chi connectivity index (χ0v) is 12.5. The molecule has 2 N–H and O–H groups in total. The van der Waals surface area contributed by atoms with Gasteiger partial charge >= 0.3 is 0 Å². The average molecular weight is 298 g/mol. The Morgan fingerprint density at radius 2 is 1.81 bits per heavy atom. The molecule has 3 rings (SSSR count). The lowest BCUT2D eigenvalue weighted by Crippen LogP contribution is -2.41. The molecule has 4 heteroatoms. The van der Waals surface area contributed by atoms with Crippen LogP contribution in [0, 0.1) is 0 Å². The van der Waals surface area contributed by atoms with Gasteiger partial charge in [0.2, 0.25) is 5.91 Å². The highest BCUT2D eigenvalue weighted by Crippen LogP contribution is 2.19. The second-order valence-electron chi connectivity index (χ2n) is 5.05. The van der Waals surface area contributed by atoms with Crippen LogP contribution in [0.25, 0.3) is 11.1 Å². The van der Waals surface area contributed by atoms with Gasteiger partial charge in [-0.3, -0.25) is 10.1 Å². The van der Waals surface area contributed by atoms with Gasteiger partial charge in [0.15, 0.2) is 0 Å². The monoisotopic (exact) mass is 298 g/mol. The predicted octanol–water partition coefficient (Wildman–Crippen LogP) is 2.63.